The van der Waals surface area contributed by atoms with Gasteiger partial charge in [-0.15, -0.1) is 20.5 Å². The van der Waals surface area contributed by atoms with Gasteiger partial charge in [-0.3, -0.25) is 10.9 Å². The van der Waals surface area contributed by atoms with Gasteiger partial charge in [0, 0.05) is 21.2 Å². The van der Waals surface area contributed by atoms with Crippen LogP contribution in [0.1, 0.15) is 22.5 Å². The maximum Gasteiger partial charge on any atom is 0.205 e. The molecule has 0 fully saturated rings. The van der Waals surface area contributed by atoms with Crippen molar-refractivity contribution in [3.8, 4) is 0 Å². The van der Waals surface area contributed by atoms with Crippen molar-refractivity contribution in [2.45, 2.75) is 13.8 Å². The minimum absolute atomic E-state index is 0.501. The second-order valence-corrected chi connectivity index (χ2v) is 12.5. The van der Waals surface area contributed by atoms with Gasteiger partial charge in [0.05, 0.1) is 45.2 Å². The van der Waals surface area contributed by atoms with E-state index in [0.29, 0.717) is 63.1 Å². The summed E-state index contributed by atoms with van der Waals surface area (Å²) in [5.41, 5.74) is 9.88. The van der Waals surface area contributed by atoms with E-state index < -0.39 is 0 Å². The first-order valence-corrected chi connectivity index (χ1v) is 15.7. The van der Waals surface area contributed by atoms with Crippen LogP contribution in [-0.2, 0) is 0 Å². The van der Waals surface area contributed by atoms with Crippen LogP contribution in [0.2, 0.25) is 20.1 Å². The number of aromatic nitrogens is 2. The lowest BCUT2D eigenvalue weighted by Crippen LogP contribution is -1.90. The number of anilines is 2. The van der Waals surface area contributed by atoms with Gasteiger partial charge in [-0.1, -0.05) is 87.3 Å². The summed E-state index contributed by atoms with van der Waals surface area (Å²) in [7, 11) is 0. The molecule has 5 aromatic rings. The third-order valence-electron chi connectivity index (χ3n) is 5.54. The van der Waals surface area contributed by atoms with Crippen molar-refractivity contribution in [1.29, 1.82) is 0 Å². The van der Waals surface area contributed by atoms with Gasteiger partial charge in [0.1, 0.15) is 0 Å². The van der Waals surface area contributed by atoms with Crippen molar-refractivity contribution < 1.29 is 0 Å². The first-order valence-electron chi connectivity index (χ1n) is 12.6. The molecule has 0 spiro atoms. The predicted molar refractivity (Wildman–Crippen MR) is 184 cm³/mol. The molecular formula is C28H20Cl4N10S2. The summed E-state index contributed by atoms with van der Waals surface area (Å²) in [5, 5.41) is 30.3. The van der Waals surface area contributed by atoms with Crippen LogP contribution in [0.25, 0.3) is 0 Å². The highest BCUT2D eigenvalue weighted by molar-refractivity contribution is 7.19. The molecule has 222 valence electrons. The van der Waals surface area contributed by atoms with Crippen LogP contribution < -0.4 is 10.9 Å². The smallest absolute Gasteiger partial charge is 0.205 e. The van der Waals surface area contributed by atoms with Crippen LogP contribution in [-0.4, -0.2) is 22.4 Å². The van der Waals surface area contributed by atoms with Crippen LogP contribution in [0.15, 0.2) is 91.3 Å². The summed E-state index contributed by atoms with van der Waals surface area (Å²) in [5.74, 6) is 0. The maximum atomic E-state index is 6.18. The van der Waals surface area contributed by atoms with Crippen molar-refractivity contribution in [1.82, 2.24) is 9.97 Å². The zero-order chi connectivity index (χ0) is 31.1. The Morgan fingerprint density at radius 3 is 1.50 bits per heavy atom. The predicted octanol–water partition coefficient (Wildman–Crippen LogP) is 11.6. The molecule has 2 heterocycles. The summed E-state index contributed by atoms with van der Waals surface area (Å²) in [6, 6.07) is 17.6. The second-order valence-electron chi connectivity index (χ2n) is 8.81. The minimum atomic E-state index is 0.501. The van der Waals surface area contributed by atoms with Gasteiger partial charge in [-0.05, 0) is 56.3 Å². The average Bonchev–Trinajstić information content (AvgIpc) is 3.53. The Kier molecular flexibility index (Phi) is 10.6. The number of halogens is 4. The van der Waals surface area contributed by atoms with Gasteiger partial charge in [-0.2, -0.15) is 10.2 Å². The highest BCUT2D eigenvalue weighted by Gasteiger charge is 2.08. The number of hydrogen-bond donors (Lipinski definition) is 2. The molecule has 44 heavy (non-hydrogen) atoms. The van der Waals surface area contributed by atoms with Gasteiger partial charge in [0.25, 0.3) is 0 Å². The Bertz CT molecular complexity index is 1780. The number of hydrogen-bond acceptors (Lipinski definition) is 12. The zero-order valence-corrected chi connectivity index (χ0v) is 27.5. The van der Waals surface area contributed by atoms with E-state index in [-0.39, 0.29) is 0 Å². The molecule has 16 heteroatoms. The molecule has 5 rings (SSSR count). The SMILES string of the molecule is Cc1nc(N/N=C/c2ccc(Cl)cc2Cl)sc1N=Nc1cccc(N=Nc2sc(N/N=C/c3ccc(Cl)cc3Cl)nc2C)c1. The van der Waals surface area contributed by atoms with Crippen LogP contribution in [0.4, 0.5) is 31.6 Å². The molecule has 2 aromatic heterocycles. The Labute approximate surface area is 280 Å². The summed E-state index contributed by atoms with van der Waals surface area (Å²) >= 11 is 26.9. The van der Waals surface area contributed by atoms with Crippen molar-refractivity contribution in [2.75, 3.05) is 10.9 Å². The number of nitrogens with zero attached hydrogens (tertiary/aromatic N) is 8. The largest absolute Gasteiger partial charge is 0.253 e. The fourth-order valence-electron chi connectivity index (χ4n) is 3.41. The fraction of sp³-hybridized carbons (Fsp3) is 0.0714. The summed E-state index contributed by atoms with van der Waals surface area (Å²) in [4.78, 5) is 8.89. The molecular weight excluding hydrogens is 682 g/mol. The van der Waals surface area contributed by atoms with E-state index in [4.69, 9.17) is 46.4 Å². The number of aryl methyl sites for hydroxylation is 2. The molecule has 0 saturated heterocycles. The first kappa shape index (κ1) is 31.6. The zero-order valence-electron chi connectivity index (χ0n) is 22.8. The number of azo groups is 2. The van der Waals surface area contributed by atoms with E-state index >= 15 is 0 Å². The second kappa shape index (κ2) is 14.8. The quantitative estimate of drug-likeness (QED) is 0.0854. The van der Waals surface area contributed by atoms with Crippen molar-refractivity contribution >= 4 is 113 Å². The molecule has 0 aliphatic carbocycles. The van der Waals surface area contributed by atoms with Crippen LogP contribution >= 0.6 is 69.1 Å². The summed E-state index contributed by atoms with van der Waals surface area (Å²) < 4.78 is 0. The standard InChI is InChI=1S/C28H20Cl4N10S2/c1-15-25(43-27(35-15)41-33-13-17-6-8-19(29)10-23(17)31)39-37-21-4-3-5-22(12-21)38-40-26-16(2)36-28(44-26)42-34-14-18-7-9-20(30)11-24(18)32/h3-14H,1-2H3,(H,35,41)(H,36,42)/b33-13+,34-14+,39-37?,40-38?. The maximum absolute atomic E-state index is 6.18. The molecule has 0 aliphatic heterocycles. The lowest BCUT2D eigenvalue weighted by atomic mass is 10.2. The van der Waals surface area contributed by atoms with Crippen LogP contribution in [0.5, 0.6) is 0 Å². The number of thiazole rings is 2. The van der Waals surface area contributed by atoms with Gasteiger partial charge >= 0.3 is 0 Å². The highest BCUT2D eigenvalue weighted by atomic mass is 35.5. The lowest BCUT2D eigenvalue weighted by Gasteiger charge is -1.98. The monoisotopic (exact) mass is 700 g/mol. The molecule has 0 saturated carbocycles. The van der Waals surface area contributed by atoms with Crippen LogP contribution in [0, 0.1) is 13.8 Å². The number of hydrazone groups is 2. The highest BCUT2D eigenvalue weighted by Crippen LogP contribution is 2.34. The van der Waals surface area contributed by atoms with Crippen molar-refractivity contribution in [2.24, 2.45) is 30.7 Å². The Morgan fingerprint density at radius 1 is 0.614 bits per heavy atom. The molecule has 0 unspecified atom stereocenters. The molecule has 0 amide bonds. The molecule has 0 atom stereocenters. The Morgan fingerprint density at radius 2 is 1.07 bits per heavy atom. The van der Waals surface area contributed by atoms with E-state index in [0.717, 1.165) is 11.1 Å². The first-order chi connectivity index (χ1) is 21.2. The molecule has 0 bridgehead atoms. The normalized spacial score (nSPS) is 12.0. The van der Waals surface area contributed by atoms with E-state index in [9.17, 15) is 0 Å². The van der Waals surface area contributed by atoms with Gasteiger partial charge < -0.3 is 0 Å². The van der Waals surface area contributed by atoms with E-state index in [1.54, 1.807) is 54.9 Å². The van der Waals surface area contributed by atoms with Gasteiger partial charge in [-0.25, -0.2) is 9.97 Å². The van der Waals surface area contributed by atoms with Gasteiger partial charge in [0.15, 0.2) is 10.0 Å². The number of rotatable bonds is 10. The number of nitrogens with one attached hydrogen (secondary N) is 2. The molecule has 3 aromatic carbocycles. The Balaban J connectivity index is 1.20. The molecule has 10 nitrogen and oxygen atoms in total. The van der Waals surface area contributed by atoms with Crippen molar-refractivity contribution in [3.05, 3.63) is 103 Å². The molecule has 2 N–H and O–H groups in total. The lowest BCUT2D eigenvalue weighted by molar-refractivity contribution is 1.17. The summed E-state index contributed by atoms with van der Waals surface area (Å²) in [6.07, 6.45) is 3.18. The summed E-state index contributed by atoms with van der Waals surface area (Å²) in [6.45, 7) is 3.69. The van der Waals surface area contributed by atoms with E-state index in [1.807, 2.05) is 32.0 Å². The van der Waals surface area contributed by atoms with E-state index in [2.05, 4.69) is 51.5 Å². The third-order valence-corrected chi connectivity index (χ3v) is 8.56. The van der Waals surface area contributed by atoms with Gasteiger partial charge in [0.2, 0.25) is 10.3 Å². The third kappa shape index (κ3) is 8.65. The minimum Gasteiger partial charge on any atom is -0.253 e. The fourth-order valence-corrected chi connectivity index (χ4v) is 5.80. The molecule has 0 radical (unpaired) electrons. The van der Waals surface area contributed by atoms with Crippen LogP contribution in [0.3, 0.4) is 0 Å². The van der Waals surface area contributed by atoms with E-state index in [1.165, 1.54) is 22.7 Å². The number of benzene rings is 3. The topological polar surface area (TPSA) is 124 Å². The van der Waals surface area contributed by atoms with Crippen molar-refractivity contribution in [3.63, 3.8) is 0 Å². The molecule has 0 aliphatic rings. The average molecular weight is 702 g/mol. The Hall–Kier alpha value is -3.78.